The van der Waals surface area contributed by atoms with Crippen molar-refractivity contribution in [1.82, 2.24) is 25.5 Å². The molecule has 0 bridgehead atoms. The summed E-state index contributed by atoms with van der Waals surface area (Å²) < 4.78 is 0. The molecule has 3 heterocycles. The normalized spacial score (nSPS) is 10.9. The first-order valence-corrected chi connectivity index (χ1v) is 8.72. The maximum Gasteiger partial charge on any atom is 0.226 e. The van der Waals surface area contributed by atoms with Crippen LogP contribution in [0.5, 0.6) is 0 Å². The number of H-pyrrole nitrogens is 1. The molecule has 0 aliphatic rings. The first kappa shape index (κ1) is 15.5. The maximum atomic E-state index is 12.2. The molecule has 0 saturated heterocycles. The van der Waals surface area contributed by atoms with Gasteiger partial charge in [-0.2, -0.15) is 5.10 Å². The Morgan fingerprint density at radius 3 is 2.92 bits per heavy atom. The van der Waals surface area contributed by atoms with E-state index >= 15 is 0 Å². The molecule has 0 spiro atoms. The molecule has 6 nitrogen and oxygen atoms in total. The van der Waals surface area contributed by atoms with Crippen molar-refractivity contribution in [3.63, 3.8) is 0 Å². The van der Waals surface area contributed by atoms with Gasteiger partial charge in [-0.3, -0.25) is 9.89 Å². The number of hydrogen-bond acceptors (Lipinski definition) is 5. The first-order valence-electron chi connectivity index (χ1n) is 7.84. The van der Waals surface area contributed by atoms with Crippen LogP contribution in [-0.2, 0) is 17.8 Å². The van der Waals surface area contributed by atoms with Crippen molar-refractivity contribution in [1.29, 1.82) is 0 Å². The number of thiazole rings is 1. The number of fused-ring (bicyclic) bond motifs is 1. The van der Waals surface area contributed by atoms with Gasteiger partial charge < -0.3 is 5.32 Å². The van der Waals surface area contributed by atoms with Gasteiger partial charge in [0.15, 0.2) is 5.65 Å². The molecule has 7 heteroatoms. The van der Waals surface area contributed by atoms with Gasteiger partial charge >= 0.3 is 0 Å². The Kier molecular flexibility index (Phi) is 4.22. The van der Waals surface area contributed by atoms with Crippen LogP contribution in [0.3, 0.4) is 0 Å². The summed E-state index contributed by atoms with van der Waals surface area (Å²) >= 11 is 1.55. The van der Waals surface area contributed by atoms with Crippen LogP contribution in [-0.4, -0.2) is 26.1 Å². The van der Waals surface area contributed by atoms with Gasteiger partial charge in [0.25, 0.3) is 0 Å². The molecule has 124 valence electrons. The highest BCUT2D eigenvalue weighted by molar-refractivity contribution is 7.13. The molecule has 25 heavy (non-hydrogen) atoms. The number of rotatable bonds is 5. The minimum Gasteiger partial charge on any atom is -0.350 e. The van der Waals surface area contributed by atoms with Crippen LogP contribution in [0.1, 0.15) is 11.4 Å². The number of benzene rings is 1. The van der Waals surface area contributed by atoms with E-state index in [-0.39, 0.29) is 12.3 Å². The Bertz CT molecular complexity index is 1010. The Hall–Kier alpha value is -3.06. The summed E-state index contributed by atoms with van der Waals surface area (Å²) in [5.41, 5.74) is 3.34. The van der Waals surface area contributed by atoms with Crippen LogP contribution in [0.4, 0.5) is 0 Å². The zero-order chi connectivity index (χ0) is 17.1. The highest BCUT2D eigenvalue weighted by atomic mass is 32.1. The van der Waals surface area contributed by atoms with Crippen molar-refractivity contribution in [3.8, 4) is 10.6 Å². The third-order valence-electron chi connectivity index (χ3n) is 3.79. The molecular formula is C18H15N5OS. The molecule has 0 saturated carbocycles. The Labute approximate surface area is 148 Å². The molecule has 2 N–H and O–H groups in total. The highest BCUT2D eigenvalue weighted by Crippen LogP contribution is 2.23. The predicted molar refractivity (Wildman–Crippen MR) is 97.0 cm³/mol. The lowest BCUT2D eigenvalue weighted by atomic mass is 10.2. The summed E-state index contributed by atoms with van der Waals surface area (Å²) in [4.78, 5) is 20.9. The summed E-state index contributed by atoms with van der Waals surface area (Å²) in [6.07, 6.45) is 1.95. The molecule has 4 rings (SSSR count). The van der Waals surface area contributed by atoms with E-state index in [0.29, 0.717) is 12.2 Å². The monoisotopic (exact) mass is 349 g/mol. The smallest absolute Gasteiger partial charge is 0.226 e. The fourth-order valence-electron chi connectivity index (χ4n) is 2.55. The summed E-state index contributed by atoms with van der Waals surface area (Å²) in [7, 11) is 0. The second-order valence-electron chi connectivity index (χ2n) is 5.54. The van der Waals surface area contributed by atoms with Crippen LogP contribution < -0.4 is 5.32 Å². The number of carbonyl (C=O) groups is 1. The van der Waals surface area contributed by atoms with Crippen molar-refractivity contribution in [2.24, 2.45) is 0 Å². The number of carbonyl (C=O) groups excluding carboxylic acids is 1. The van der Waals surface area contributed by atoms with Gasteiger partial charge in [0.05, 0.1) is 24.4 Å². The minimum atomic E-state index is -0.0726. The molecule has 1 aromatic carbocycles. The van der Waals surface area contributed by atoms with Gasteiger partial charge in [-0.05, 0) is 12.1 Å². The van der Waals surface area contributed by atoms with Crippen LogP contribution in [0, 0.1) is 0 Å². The molecule has 0 fully saturated rings. The van der Waals surface area contributed by atoms with Crippen LogP contribution in [0.2, 0.25) is 0 Å². The van der Waals surface area contributed by atoms with E-state index in [4.69, 9.17) is 0 Å². The number of pyridine rings is 1. The van der Waals surface area contributed by atoms with Gasteiger partial charge in [0, 0.05) is 22.5 Å². The van der Waals surface area contributed by atoms with E-state index in [9.17, 15) is 4.79 Å². The second-order valence-corrected chi connectivity index (χ2v) is 6.40. The third-order valence-corrected chi connectivity index (χ3v) is 4.73. The summed E-state index contributed by atoms with van der Waals surface area (Å²) in [6, 6.07) is 13.7. The molecule has 0 atom stereocenters. The second kappa shape index (κ2) is 6.82. The van der Waals surface area contributed by atoms with E-state index in [1.54, 1.807) is 17.5 Å². The van der Waals surface area contributed by atoms with Crippen molar-refractivity contribution < 1.29 is 4.79 Å². The molecule has 0 aliphatic carbocycles. The number of nitrogens with one attached hydrogen (secondary N) is 2. The lowest BCUT2D eigenvalue weighted by Crippen LogP contribution is -2.24. The average molecular weight is 349 g/mol. The van der Waals surface area contributed by atoms with E-state index in [1.807, 2.05) is 47.8 Å². The molecule has 0 radical (unpaired) electrons. The number of aromatic nitrogens is 4. The van der Waals surface area contributed by atoms with E-state index in [1.165, 1.54) is 0 Å². The summed E-state index contributed by atoms with van der Waals surface area (Å²) in [6.45, 7) is 0.386. The average Bonchev–Trinajstić information content (AvgIpc) is 3.28. The molecular weight excluding hydrogens is 334 g/mol. The molecule has 0 aliphatic heterocycles. The van der Waals surface area contributed by atoms with Gasteiger partial charge in [0.2, 0.25) is 5.91 Å². The Morgan fingerprint density at radius 1 is 1.16 bits per heavy atom. The van der Waals surface area contributed by atoms with E-state index < -0.39 is 0 Å². The van der Waals surface area contributed by atoms with Crippen molar-refractivity contribution in [2.75, 3.05) is 0 Å². The van der Waals surface area contributed by atoms with Crippen LogP contribution in [0.15, 0.2) is 54.0 Å². The largest absolute Gasteiger partial charge is 0.350 e. The number of amides is 1. The standard InChI is InChI=1S/C18H15N5OS/c24-16(20-10-15-14-7-4-8-19-17(14)23-22-15)9-13-11-25-18(21-13)12-5-2-1-3-6-12/h1-8,11H,9-10H2,(H,20,24)(H,19,22,23). The van der Waals surface area contributed by atoms with Crippen molar-refractivity contribution >= 4 is 28.3 Å². The Balaban J connectivity index is 1.39. The van der Waals surface area contributed by atoms with Crippen LogP contribution in [0.25, 0.3) is 21.6 Å². The molecule has 4 aromatic rings. The lowest BCUT2D eigenvalue weighted by molar-refractivity contribution is -0.120. The number of hydrogen-bond donors (Lipinski definition) is 2. The summed E-state index contributed by atoms with van der Waals surface area (Å²) in [5, 5.41) is 13.7. The molecule has 3 aromatic heterocycles. The minimum absolute atomic E-state index is 0.0726. The van der Waals surface area contributed by atoms with Crippen LogP contribution >= 0.6 is 11.3 Å². The van der Waals surface area contributed by atoms with Gasteiger partial charge in [-0.25, -0.2) is 9.97 Å². The fraction of sp³-hybridized carbons (Fsp3) is 0.111. The van der Waals surface area contributed by atoms with Crippen molar-refractivity contribution in [2.45, 2.75) is 13.0 Å². The molecule has 1 amide bonds. The predicted octanol–water partition coefficient (Wildman–Crippen LogP) is 2.94. The van der Waals surface area contributed by atoms with Gasteiger partial charge in [-0.1, -0.05) is 30.3 Å². The fourth-order valence-corrected chi connectivity index (χ4v) is 3.38. The number of aromatic amines is 1. The quantitative estimate of drug-likeness (QED) is 0.580. The maximum absolute atomic E-state index is 12.2. The lowest BCUT2D eigenvalue weighted by Gasteiger charge is -2.02. The zero-order valence-corrected chi connectivity index (χ0v) is 14.1. The first-order chi connectivity index (χ1) is 12.3. The van der Waals surface area contributed by atoms with E-state index in [0.717, 1.165) is 27.3 Å². The molecule has 0 unspecified atom stereocenters. The Morgan fingerprint density at radius 2 is 2.04 bits per heavy atom. The SMILES string of the molecule is O=C(Cc1csc(-c2ccccc2)n1)NCc1[nH]nc2ncccc12. The summed E-state index contributed by atoms with van der Waals surface area (Å²) in [5.74, 6) is -0.0726. The topological polar surface area (TPSA) is 83.6 Å². The number of nitrogens with zero attached hydrogens (tertiary/aromatic N) is 3. The zero-order valence-electron chi connectivity index (χ0n) is 13.3. The third kappa shape index (κ3) is 3.41. The van der Waals surface area contributed by atoms with Crippen molar-refractivity contribution in [3.05, 3.63) is 65.4 Å². The highest BCUT2D eigenvalue weighted by Gasteiger charge is 2.11. The van der Waals surface area contributed by atoms with E-state index in [2.05, 4.69) is 25.5 Å². The van der Waals surface area contributed by atoms with Gasteiger partial charge in [0.1, 0.15) is 5.01 Å². The van der Waals surface area contributed by atoms with Gasteiger partial charge in [-0.15, -0.1) is 11.3 Å².